The molecular formula is C42H50O14S. The van der Waals surface area contributed by atoms with E-state index in [1.54, 1.807) is 60.7 Å². The highest BCUT2D eigenvalue weighted by Gasteiger charge is 2.39. The lowest BCUT2D eigenvalue weighted by Gasteiger charge is -2.26. The third-order valence-corrected chi connectivity index (χ3v) is 11.4. The summed E-state index contributed by atoms with van der Waals surface area (Å²) in [5.41, 5.74) is 1.36. The SMILES string of the molecule is COc1cc(OC)c(/C=C/C(c2ccc(OC)c(OC)c2OC)S(=O)(=O)C(/C=C/c2c(OC)cc(OC)cc2OC)c2ccc(OC)c(OC)c2OC)c(OC)c1. The molecule has 0 heterocycles. The van der Waals surface area contributed by atoms with E-state index in [9.17, 15) is 0 Å². The van der Waals surface area contributed by atoms with E-state index in [4.69, 9.17) is 56.8 Å². The summed E-state index contributed by atoms with van der Waals surface area (Å²) in [4.78, 5) is 0. The van der Waals surface area contributed by atoms with Crippen molar-refractivity contribution in [1.29, 1.82) is 0 Å². The molecule has 0 radical (unpaired) electrons. The summed E-state index contributed by atoms with van der Waals surface area (Å²) in [5, 5.41) is -2.90. The Hall–Kier alpha value is -6.09. The maximum Gasteiger partial charge on any atom is 0.203 e. The normalized spacial score (nSPS) is 12.4. The second kappa shape index (κ2) is 19.7. The lowest BCUT2D eigenvalue weighted by Crippen LogP contribution is -2.20. The Morgan fingerprint density at radius 1 is 0.386 bits per heavy atom. The van der Waals surface area contributed by atoms with Gasteiger partial charge in [-0.3, -0.25) is 0 Å². The van der Waals surface area contributed by atoms with Crippen LogP contribution in [0.3, 0.4) is 0 Å². The molecule has 0 aromatic heterocycles. The Bertz CT molecular complexity index is 1980. The third-order valence-electron chi connectivity index (χ3n) is 9.17. The van der Waals surface area contributed by atoms with E-state index < -0.39 is 20.3 Å². The second-order valence-electron chi connectivity index (χ2n) is 11.9. The zero-order valence-electron chi connectivity index (χ0n) is 34.2. The molecule has 0 N–H and O–H groups in total. The molecule has 0 aliphatic rings. The Balaban J connectivity index is 2.16. The maximum absolute atomic E-state index is 15.8. The third kappa shape index (κ3) is 8.83. The van der Waals surface area contributed by atoms with E-state index in [0.29, 0.717) is 57.1 Å². The van der Waals surface area contributed by atoms with Crippen molar-refractivity contribution < 1.29 is 65.3 Å². The van der Waals surface area contributed by atoms with Crippen LogP contribution in [0, 0.1) is 0 Å². The van der Waals surface area contributed by atoms with Gasteiger partial charge in [-0.2, -0.15) is 0 Å². The van der Waals surface area contributed by atoms with Gasteiger partial charge < -0.3 is 56.8 Å². The van der Waals surface area contributed by atoms with E-state index in [2.05, 4.69) is 0 Å². The Morgan fingerprint density at radius 3 is 0.930 bits per heavy atom. The molecule has 4 aromatic carbocycles. The minimum Gasteiger partial charge on any atom is -0.496 e. The lowest BCUT2D eigenvalue weighted by atomic mass is 10.1. The zero-order chi connectivity index (χ0) is 41.9. The first-order chi connectivity index (χ1) is 27.5. The van der Waals surface area contributed by atoms with Crippen LogP contribution in [0.4, 0.5) is 0 Å². The summed E-state index contributed by atoms with van der Waals surface area (Å²) in [6, 6.07) is 13.1. The molecule has 0 bridgehead atoms. The van der Waals surface area contributed by atoms with Crippen molar-refractivity contribution in [3.63, 3.8) is 0 Å². The van der Waals surface area contributed by atoms with Crippen molar-refractivity contribution in [3.8, 4) is 69.0 Å². The average molecular weight is 811 g/mol. The molecule has 308 valence electrons. The second-order valence-corrected chi connectivity index (χ2v) is 14.1. The fourth-order valence-corrected chi connectivity index (χ4v) is 8.39. The first kappa shape index (κ1) is 43.6. The van der Waals surface area contributed by atoms with Gasteiger partial charge in [0.1, 0.15) is 45.0 Å². The number of sulfone groups is 1. The molecule has 0 aliphatic heterocycles. The van der Waals surface area contributed by atoms with Crippen LogP contribution in [0.25, 0.3) is 12.2 Å². The molecule has 0 aliphatic carbocycles. The summed E-state index contributed by atoms with van der Waals surface area (Å²) in [5.74, 6) is 3.72. The molecule has 0 fully saturated rings. The van der Waals surface area contributed by atoms with Gasteiger partial charge >= 0.3 is 0 Å². The van der Waals surface area contributed by atoms with E-state index >= 15 is 8.42 Å². The number of rotatable bonds is 20. The van der Waals surface area contributed by atoms with E-state index in [0.717, 1.165) is 0 Å². The molecule has 57 heavy (non-hydrogen) atoms. The quantitative estimate of drug-likeness (QED) is 0.0873. The van der Waals surface area contributed by atoms with E-state index in [-0.39, 0.29) is 34.1 Å². The van der Waals surface area contributed by atoms with Gasteiger partial charge in [-0.25, -0.2) is 8.42 Å². The number of hydrogen-bond donors (Lipinski definition) is 0. The van der Waals surface area contributed by atoms with Gasteiger partial charge in [-0.15, -0.1) is 0 Å². The molecule has 0 amide bonds. The maximum atomic E-state index is 15.8. The highest BCUT2D eigenvalue weighted by Crippen LogP contribution is 2.51. The Morgan fingerprint density at radius 2 is 0.684 bits per heavy atom. The van der Waals surface area contributed by atoms with Crippen LogP contribution in [0.5, 0.6) is 69.0 Å². The first-order valence-electron chi connectivity index (χ1n) is 17.3. The summed E-state index contributed by atoms with van der Waals surface area (Å²) in [6.45, 7) is 0. The lowest BCUT2D eigenvalue weighted by molar-refractivity contribution is 0.322. The summed E-state index contributed by atoms with van der Waals surface area (Å²) >= 11 is 0. The summed E-state index contributed by atoms with van der Waals surface area (Å²) in [7, 11) is 13.1. The Labute approximate surface area is 334 Å². The van der Waals surface area contributed by atoms with E-state index in [1.165, 1.54) is 97.5 Å². The minimum atomic E-state index is -4.51. The van der Waals surface area contributed by atoms with Crippen molar-refractivity contribution >= 4 is 22.0 Å². The number of methoxy groups -OCH3 is 12. The van der Waals surface area contributed by atoms with Crippen LogP contribution in [0.2, 0.25) is 0 Å². The smallest absolute Gasteiger partial charge is 0.203 e. The van der Waals surface area contributed by atoms with Crippen molar-refractivity contribution in [1.82, 2.24) is 0 Å². The van der Waals surface area contributed by atoms with Gasteiger partial charge in [0.15, 0.2) is 32.8 Å². The average Bonchev–Trinajstić information content (AvgIpc) is 3.24. The van der Waals surface area contributed by atoms with Gasteiger partial charge in [0.05, 0.1) is 96.4 Å². The van der Waals surface area contributed by atoms with Crippen molar-refractivity contribution in [2.75, 3.05) is 85.3 Å². The van der Waals surface area contributed by atoms with Crippen LogP contribution in [-0.2, 0) is 9.84 Å². The predicted molar refractivity (Wildman–Crippen MR) is 217 cm³/mol. The van der Waals surface area contributed by atoms with Gasteiger partial charge in [0.2, 0.25) is 11.5 Å². The molecule has 14 nitrogen and oxygen atoms in total. The number of benzene rings is 4. The fourth-order valence-electron chi connectivity index (χ4n) is 6.40. The van der Waals surface area contributed by atoms with Gasteiger partial charge in [0, 0.05) is 35.4 Å². The molecule has 4 aromatic rings. The molecule has 2 unspecified atom stereocenters. The van der Waals surface area contributed by atoms with Gasteiger partial charge in [-0.1, -0.05) is 12.2 Å². The molecule has 0 spiro atoms. The van der Waals surface area contributed by atoms with Crippen molar-refractivity contribution in [3.05, 3.63) is 82.9 Å². The Kier molecular flexibility index (Phi) is 15.1. The van der Waals surface area contributed by atoms with Crippen LogP contribution >= 0.6 is 0 Å². The van der Waals surface area contributed by atoms with Crippen LogP contribution in [0.1, 0.15) is 32.8 Å². The van der Waals surface area contributed by atoms with Crippen LogP contribution in [-0.4, -0.2) is 93.7 Å². The standard InChI is InChI=1S/C42H50O14S/c1-45-25-21-33(49-5)27(34(22-25)50-6)15-19-37(29-13-17-31(47-3)41(55-11)39(29)53-9)57(43,44)38(30-14-18-32(48-4)42(56-12)40(30)54-10)20-16-28-35(51-7)23-26(46-2)24-36(28)52-8/h13-24,37-38H,1-12H3/b19-15+,20-16+. The molecule has 2 atom stereocenters. The van der Waals surface area contributed by atoms with Crippen LogP contribution < -0.4 is 56.8 Å². The van der Waals surface area contributed by atoms with Crippen molar-refractivity contribution in [2.24, 2.45) is 0 Å². The zero-order valence-corrected chi connectivity index (χ0v) is 35.0. The monoisotopic (exact) mass is 810 g/mol. The fraction of sp³-hybridized carbons (Fsp3) is 0.333. The topological polar surface area (TPSA) is 145 Å². The summed E-state index contributed by atoms with van der Waals surface area (Å²) < 4.78 is 99.6. The van der Waals surface area contributed by atoms with E-state index in [1.807, 2.05) is 0 Å². The van der Waals surface area contributed by atoms with Crippen molar-refractivity contribution in [2.45, 2.75) is 10.5 Å². The summed E-state index contributed by atoms with van der Waals surface area (Å²) in [6.07, 6.45) is 6.26. The molecular weight excluding hydrogens is 761 g/mol. The highest BCUT2D eigenvalue weighted by atomic mass is 32.2. The number of hydrogen-bond acceptors (Lipinski definition) is 14. The molecule has 0 saturated carbocycles. The first-order valence-corrected chi connectivity index (χ1v) is 18.9. The van der Waals surface area contributed by atoms with Crippen LogP contribution in [0.15, 0.2) is 60.7 Å². The largest absolute Gasteiger partial charge is 0.496 e. The van der Waals surface area contributed by atoms with Gasteiger partial charge in [-0.05, 0) is 36.4 Å². The molecule has 15 heteroatoms. The predicted octanol–water partition coefficient (Wildman–Crippen LogP) is 7.41. The highest BCUT2D eigenvalue weighted by molar-refractivity contribution is 7.92. The minimum absolute atomic E-state index is 0.129. The number of ether oxygens (including phenoxy) is 12. The molecule has 0 saturated heterocycles. The molecule has 4 rings (SSSR count). The van der Waals surface area contributed by atoms with Gasteiger partial charge in [0.25, 0.3) is 0 Å².